The van der Waals surface area contributed by atoms with E-state index >= 15 is 0 Å². The number of aliphatic hydroxyl groups is 1. The number of rotatable bonds is 1. The molecule has 1 rings (SSSR count). The summed E-state index contributed by atoms with van der Waals surface area (Å²) in [4.78, 5) is 0. The summed E-state index contributed by atoms with van der Waals surface area (Å²) in [7, 11) is 0. The highest BCUT2D eigenvalue weighted by atomic mass is 127. The molecule has 0 aliphatic rings. The van der Waals surface area contributed by atoms with E-state index in [1.165, 1.54) is 0 Å². The van der Waals surface area contributed by atoms with Crippen molar-refractivity contribution < 1.29 is 5.11 Å². The fourth-order valence-electron chi connectivity index (χ4n) is 0.638. The van der Waals surface area contributed by atoms with Crippen LogP contribution in [0.2, 0.25) is 5.02 Å². The monoisotopic (exact) mass is 268 g/mol. The Morgan fingerprint density at radius 3 is 2.70 bits per heavy atom. The van der Waals surface area contributed by atoms with Crippen molar-refractivity contribution in [2.24, 2.45) is 0 Å². The van der Waals surface area contributed by atoms with E-state index in [-0.39, 0.29) is 6.61 Å². The highest BCUT2D eigenvalue weighted by Gasteiger charge is 1.96. The van der Waals surface area contributed by atoms with Gasteiger partial charge in [-0.05, 0) is 40.3 Å². The maximum Gasteiger partial charge on any atom is 0.0682 e. The molecule has 0 amide bonds. The number of halogens is 2. The lowest BCUT2D eigenvalue weighted by molar-refractivity contribution is 0.282. The van der Waals surface area contributed by atoms with Crippen molar-refractivity contribution in [3.05, 3.63) is 32.4 Å². The summed E-state index contributed by atoms with van der Waals surface area (Å²) in [6, 6.07) is 5.51. The van der Waals surface area contributed by atoms with Gasteiger partial charge in [-0.25, -0.2) is 0 Å². The number of aliphatic hydroxyl groups excluding tert-OH is 1. The maximum absolute atomic E-state index is 8.69. The van der Waals surface area contributed by atoms with Crippen LogP contribution in [0, 0.1) is 3.57 Å². The summed E-state index contributed by atoms with van der Waals surface area (Å²) in [5, 5.41) is 9.39. The van der Waals surface area contributed by atoms with Gasteiger partial charge in [-0.1, -0.05) is 17.7 Å². The first kappa shape index (κ1) is 8.30. The molecule has 1 aromatic rings. The van der Waals surface area contributed by atoms with Crippen molar-refractivity contribution >= 4 is 34.2 Å². The first-order chi connectivity index (χ1) is 4.74. The molecule has 1 nitrogen and oxygen atoms in total. The third-order valence-electron chi connectivity index (χ3n) is 1.17. The zero-order valence-electron chi connectivity index (χ0n) is 5.14. The molecule has 1 aromatic carbocycles. The summed E-state index contributed by atoms with van der Waals surface area (Å²) >= 11 is 7.92. The van der Waals surface area contributed by atoms with Crippen molar-refractivity contribution in [3.63, 3.8) is 0 Å². The SMILES string of the molecule is OCc1ccc(I)c(Cl)c1. The van der Waals surface area contributed by atoms with Crippen LogP contribution >= 0.6 is 34.2 Å². The van der Waals surface area contributed by atoms with E-state index in [1.807, 2.05) is 12.1 Å². The van der Waals surface area contributed by atoms with Gasteiger partial charge in [0.1, 0.15) is 0 Å². The topological polar surface area (TPSA) is 20.2 Å². The molecule has 54 valence electrons. The number of benzene rings is 1. The molecular weight excluding hydrogens is 262 g/mol. The molecule has 0 unspecified atom stereocenters. The van der Waals surface area contributed by atoms with E-state index in [0.29, 0.717) is 5.02 Å². The Morgan fingerprint density at radius 1 is 1.50 bits per heavy atom. The third-order valence-corrected chi connectivity index (χ3v) is 2.74. The summed E-state index contributed by atoms with van der Waals surface area (Å²) < 4.78 is 1.01. The Hall–Kier alpha value is 0.200. The van der Waals surface area contributed by atoms with E-state index in [9.17, 15) is 0 Å². The van der Waals surface area contributed by atoms with Gasteiger partial charge in [0.15, 0.2) is 0 Å². The molecule has 0 fully saturated rings. The molecule has 0 spiro atoms. The highest BCUT2D eigenvalue weighted by Crippen LogP contribution is 2.19. The molecule has 0 bridgehead atoms. The number of hydrogen-bond donors (Lipinski definition) is 1. The smallest absolute Gasteiger partial charge is 0.0682 e. The quantitative estimate of drug-likeness (QED) is 0.776. The van der Waals surface area contributed by atoms with E-state index in [2.05, 4.69) is 22.6 Å². The molecule has 0 radical (unpaired) electrons. The van der Waals surface area contributed by atoms with Crippen LogP contribution in [0.3, 0.4) is 0 Å². The van der Waals surface area contributed by atoms with Crippen LogP contribution in [0.1, 0.15) is 5.56 Å². The number of hydrogen-bond acceptors (Lipinski definition) is 1. The fraction of sp³-hybridized carbons (Fsp3) is 0.143. The second kappa shape index (κ2) is 3.55. The zero-order chi connectivity index (χ0) is 7.56. The van der Waals surface area contributed by atoms with E-state index in [1.54, 1.807) is 6.07 Å². The average molecular weight is 268 g/mol. The molecule has 1 N–H and O–H groups in total. The lowest BCUT2D eigenvalue weighted by atomic mass is 10.2. The van der Waals surface area contributed by atoms with E-state index in [0.717, 1.165) is 9.13 Å². The average Bonchev–Trinajstić information content (AvgIpc) is 1.95. The Balaban J connectivity index is 3.04. The second-order valence-corrected chi connectivity index (χ2v) is 3.48. The van der Waals surface area contributed by atoms with Gasteiger partial charge in [-0.2, -0.15) is 0 Å². The van der Waals surface area contributed by atoms with Gasteiger partial charge in [0, 0.05) is 3.57 Å². The van der Waals surface area contributed by atoms with Gasteiger partial charge in [0.25, 0.3) is 0 Å². The van der Waals surface area contributed by atoms with Gasteiger partial charge >= 0.3 is 0 Å². The van der Waals surface area contributed by atoms with Crippen LogP contribution in [0.5, 0.6) is 0 Å². The van der Waals surface area contributed by atoms with Gasteiger partial charge < -0.3 is 5.11 Å². The van der Waals surface area contributed by atoms with Gasteiger partial charge in [-0.3, -0.25) is 0 Å². The van der Waals surface area contributed by atoms with Crippen LogP contribution in [-0.4, -0.2) is 5.11 Å². The van der Waals surface area contributed by atoms with Crippen molar-refractivity contribution in [1.29, 1.82) is 0 Å². The summed E-state index contributed by atoms with van der Waals surface area (Å²) in [5.41, 5.74) is 0.852. The Morgan fingerprint density at radius 2 is 2.20 bits per heavy atom. The van der Waals surface area contributed by atoms with Crippen molar-refractivity contribution in [1.82, 2.24) is 0 Å². The third kappa shape index (κ3) is 1.84. The summed E-state index contributed by atoms with van der Waals surface area (Å²) in [6.07, 6.45) is 0. The van der Waals surface area contributed by atoms with E-state index in [4.69, 9.17) is 16.7 Å². The molecule has 0 aliphatic heterocycles. The minimum Gasteiger partial charge on any atom is -0.392 e. The first-order valence-electron chi connectivity index (χ1n) is 2.79. The van der Waals surface area contributed by atoms with Crippen molar-refractivity contribution in [2.45, 2.75) is 6.61 Å². The Kier molecular flexibility index (Phi) is 2.95. The second-order valence-electron chi connectivity index (χ2n) is 1.91. The van der Waals surface area contributed by atoms with Gasteiger partial charge in [0.05, 0.1) is 11.6 Å². The molecule has 3 heteroatoms. The van der Waals surface area contributed by atoms with Crippen LogP contribution in [0.25, 0.3) is 0 Å². The Bertz CT molecular complexity index is 237. The predicted octanol–water partition coefficient (Wildman–Crippen LogP) is 2.44. The minimum absolute atomic E-state index is 0.0522. The van der Waals surface area contributed by atoms with Crippen LogP contribution in [0.4, 0.5) is 0 Å². The molecule has 10 heavy (non-hydrogen) atoms. The normalized spacial score (nSPS) is 9.90. The predicted molar refractivity (Wildman–Crippen MR) is 50.1 cm³/mol. The molecule has 0 aliphatic carbocycles. The van der Waals surface area contributed by atoms with Crippen molar-refractivity contribution in [2.75, 3.05) is 0 Å². The zero-order valence-corrected chi connectivity index (χ0v) is 8.06. The lowest BCUT2D eigenvalue weighted by Gasteiger charge is -1.97. The lowest BCUT2D eigenvalue weighted by Crippen LogP contribution is -1.83. The van der Waals surface area contributed by atoms with Crippen LogP contribution < -0.4 is 0 Å². The van der Waals surface area contributed by atoms with Gasteiger partial charge in [-0.15, -0.1) is 0 Å². The first-order valence-corrected chi connectivity index (χ1v) is 4.24. The molecule has 0 aromatic heterocycles. The standard InChI is InChI=1S/C7H6ClIO/c8-6-3-5(4-10)1-2-7(6)9/h1-3,10H,4H2. The Labute approximate surface area is 78.2 Å². The molecule has 0 saturated carbocycles. The van der Waals surface area contributed by atoms with E-state index < -0.39 is 0 Å². The summed E-state index contributed by atoms with van der Waals surface area (Å²) in [5.74, 6) is 0. The van der Waals surface area contributed by atoms with Gasteiger partial charge in [0.2, 0.25) is 0 Å². The summed E-state index contributed by atoms with van der Waals surface area (Å²) in [6.45, 7) is 0.0522. The highest BCUT2D eigenvalue weighted by molar-refractivity contribution is 14.1. The van der Waals surface area contributed by atoms with Crippen LogP contribution in [0.15, 0.2) is 18.2 Å². The largest absolute Gasteiger partial charge is 0.392 e. The van der Waals surface area contributed by atoms with Crippen molar-refractivity contribution in [3.8, 4) is 0 Å². The minimum atomic E-state index is 0.0522. The molecule has 0 heterocycles. The molecule has 0 saturated heterocycles. The molecular formula is C7H6ClIO. The maximum atomic E-state index is 8.69. The fourth-order valence-corrected chi connectivity index (χ4v) is 1.18. The molecule has 0 atom stereocenters. The van der Waals surface area contributed by atoms with Crippen LogP contribution in [-0.2, 0) is 6.61 Å².